The maximum atomic E-state index is 9.44. The fourth-order valence-electron chi connectivity index (χ4n) is 2.70. The quantitative estimate of drug-likeness (QED) is 0.929. The second-order valence-corrected chi connectivity index (χ2v) is 8.00. The first kappa shape index (κ1) is 14.8. The number of benzene rings is 1. The summed E-state index contributed by atoms with van der Waals surface area (Å²) < 4.78 is 0. The lowest BCUT2D eigenvalue weighted by Gasteiger charge is -2.36. The highest BCUT2D eigenvalue weighted by Gasteiger charge is 2.25. The van der Waals surface area contributed by atoms with Gasteiger partial charge in [0.25, 0.3) is 0 Å². The van der Waals surface area contributed by atoms with Crippen molar-refractivity contribution in [3.8, 4) is 10.4 Å². The molecule has 1 N–H and O–H groups in total. The molecule has 0 amide bonds. The fraction of sp³-hybridized carbons (Fsp3) is 0.444. The molecule has 1 saturated heterocycles. The number of β-amino-alcohol motifs (C(OH)–C–C–N with tert-alkyl or cyclic N) is 1. The highest BCUT2D eigenvalue weighted by atomic mass is 32.1. The van der Waals surface area contributed by atoms with Crippen molar-refractivity contribution in [1.29, 1.82) is 0 Å². The molecule has 1 aromatic carbocycles. The van der Waals surface area contributed by atoms with Crippen LogP contribution in [0.1, 0.15) is 31.2 Å². The summed E-state index contributed by atoms with van der Waals surface area (Å²) in [5, 5.41) is 9.44. The largest absolute Gasteiger partial charge is 0.390 e. The van der Waals surface area contributed by atoms with Crippen LogP contribution >= 0.6 is 11.3 Å². The highest BCUT2D eigenvalue weighted by molar-refractivity contribution is 7.15. The molecule has 1 aliphatic heterocycles. The monoisotopic (exact) mass is 301 g/mol. The Morgan fingerprint density at radius 1 is 1.14 bits per heavy atom. The number of hydrogen-bond donors (Lipinski definition) is 1. The third-order valence-electron chi connectivity index (χ3n) is 3.96. The Kier molecular flexibility index (Phi) is 3.91. The molecule has 3 rings (SSSR count). The third kappa shape index (κ3) is 3.20. The Bertz CT molecular complexity index is 620. The normalized spacial score (nSPS) is 17.0. The molecule has 21 heavy (non-hydrogen) atoms. The zero-order chi connectivity index (χ0) is 15.0. The molecule has 1 fully saturated rings. The minimum Gasteiger partial charge on any atom is -0.390 e. The maximum Gasteiger partial charge on any atom is 0.0794 e. The maximum absolute atomic E-state index is 9.44. The van der Waals surface area contributed by atoms with Crippen molar-refractivity contribution in [3.05, 3.63) is 46.8 Å². The zero-order valence-corrected chi connectivity index (χ0v) is 13.8. The number of aliphatic hydroxyl groups excluding tert-OH is 1. The number of aliphatic hydroxyl groups is 1. The first-order valence-corrected chi connectivity index (χ1v) is 8.34. The van der Waals surface area contributed by atoms with E-state index in [0.29, 0.717) is 0 Å². The molecular formula is C18H23NOS. The number of rotatable bonds is 3. The molecule has 2 heterocycles. The van der Waals surface area contributed by atoms with Crippen LogP contribution in [0.25, 0.3) is 10.4 Å². The summed E-state index contributed by atoms with van der Waals surface area (Å²) in [6.07, 6.45) is -0.133. The molecule has 0 bridgehead atoms. The molecule has 0 saturated carbocycles. The van der Waals surface area contributed by atoms with E-state index in [9.17, 15) is 5.11 Å². The molecule has 0 radical (unpaired) electrons. The topological polar surface area (TPSA) is 23.5 Å². The van der Waals surface area contributed by atoms with Gasteiger partial charge in [0.1, 0.15) is 0 Å². The molecule has 112 valence electrons. The Morgan fingerprint density at radius 2 is 1.86 bits per heavy atom. The van der Waals surface area contributed by atoms with Crippen molar-refractivity contribution in [2.24, 2.45) is 0 Å². The standard InChI is InChI=1S/C18H23NOS/c1-18(2,3)17-9-8-16(21-17)15-7-5-4-6-13(15)10-19-11-14(20)12-19/h4-9,14,20H,10-12H2,1-3H3. The first-order chi connectivity index (χ1) is 9.93. The van der Waals surface area contributed by atoms with Crippen molar-refractivity contribution in [1.82, 2.24) is 4.90 Å². The highest BCUT2D eigenvalue weighted by Crippen LogP contribution is 2.36. The van der Waals surface area contributed by atoms with Gasteiger partial charge in [-0.3, -0.25) is 4.90 Å². The van der Waals surface area contributed by atoms with Gasteiger partial charge in [-0.1, -0.05) is 45.0 Å². The van der Waals surface area contributed by atoms with Gasteiger partial charge in [-0.05, 0) is 28.7 Å². The smallest absolute Gasteiger partial charge is 0.0794 e. The van der Waals surface area contributed by atoms with E-state index in [0.717, 1.165) is 19.6 Å². The minimum atomic E-state index is -0.133. The van der Waals surface area contributed by atoms with E-state index in [1.165, 1.54) is 20.9 Å². The zero-order valence-electron chi connectivity index (χ0n) is 13.0. The molecule has 2 aromatic rings. The SMILES string of the molecule is CC(C)(C)c1ccc(-c2ccccc2CN2CC(O)C2)s1. The summed E-state index contributed by atoms with van der Waals surface area (Å²) in [6.45, 7) is 9.30. The fourth-order valence-corrected chi connectivity index (χ4v) is 3.82. The van der Waals surface area contributed by atoms with Crippen LogP contribution in [0.5, 0.6) is 0 Å². The molecule has 0 spiro atoms. The lowest BCUT2D eigenvalue weighted by atomic mass is 9.95. The number of hydrogen-bond acceptors (Lipinski definition) is 3. The van der Waals surface area contributed by atoms with Crippen LogP contribution in [0.2, 0.25) is 0 Å². The Hall–Kier alpha value is -1.16. The molecule has 1 aliphatic rings. The molecule has 0 atom stereocenters. The van der Waals surface area contributed by atoms with E-state index in [1.54, 1.807) is 0 Å². The number of thiophene rings is 1. The van der Waals surface area contributed by atoms with Gasteiger partial charge < -0.3 is 5.11 Å². The molecule has 0 unspecified atom stereocenters. The van der Waals surface area contributed by atoms with Gasteiger partial charge in [0.15, 0.2) is 0 Å². The third-order valence-corrected chi connectivity index (χ3v) is 5.50. The molecule has 1 aromatic heterocycles. The van der Waals surface area contributed by atoms with Crippen LogP contribution in [-0.2, 0) is 12.0 Å². The van der Waals surface area contributed by atoms with Gasteiger partial charge in [0, 0.05) is 29.4 Å². The lowest BCUT2D eigenvalue weighted by Crippen LogP contribution is -2.49. The van der Waals surface area contributed by atoms with E-state index < -0.39 is 0 Å². The first-order valence-electron chi connectivity index (χ1n) is 7.52. The summed E-state index contributed by atoms with van der Waals surface area (Å²) in [7, 11) is 0. The van der Waals surface area contributed by atoms with E-state index >= 15 is 0 Å². The van der Waals surface area contributed by atoms with Gasteiger partial charge in [0.2, 0.25) is 0 Å². The second kappa shape index (κ2) is 5.56. The summed E-state index contributed by atoms with van der Waals surface area (Å²) in [4.78, 5) is 5.06. The van der Waals surface area contributed by atoms with Crippen molar-refractivity contribution < 1.29 is 5.11 Å². The number of nitrogens with zero attached hydrogens (tertiary/aromatic N) is 1. The van der Waals surface area contributed by atoms with Crippen LogP contribution in [0.15, 0.2) is 36.4 Å². The average Bonchev–Trinajstić information content (AvgIpc) is 2.87. The van der Waals surface area contributed by atoms with Gasteiger partial charge in [-0.2, -0.15) is 0 Å². The number of likely N-dealkylation sites (tertiary alicyclic amines) is 1. The van der Waals surface area contributed by atoms with Crippen molar-refractivity contribution >= 4 is 11.3 Å². The molecular weight excluding hydrogens is 278 g/mol. The molecule has 0 aliphatic carbocycles. The van der Waals surface area contributed by atoms with E-state index in [4.69, 9.17) is 0 Å². The van der Waals surface area contributed by atoms with Gasteiger partial charge in [-0.15, -0.1) is 11.3 Å². The average molecular weight is 301 g/mol. The van der Waals surface area contributed by atoms with Crippen LogP contribution in [0, 0.1) is 0 Å². The predicted molar refractivity (Wildman–Crippen MR) is 89.7 cm³/mol. The van der Waals surface area contributed by atoms with Gasteiger partial charge in [-0.25, -0.2) is 0 Å². The molecule has 2 nitrogen and oxygen atoms in total. The van der Waals surface area contributed by atoms with Gasteiger partial charge >= 0.3 is 0 Å². The van der Waals surface area contributed by atoms with E-state index in [1.807, 2.05) is 11.3 Å². The van der Waals surface area contributed by atoms with Crippen LogP contribution in [-0.4, -0.2) is 29.2 Å². The second-order valence-electron chi connectivity index (χ2n) is 6.92. The Labute approximate surface area is 131 Å². The Morgan fingerprint density at radius 3 is 2.48 bits per heavy atom. The summed E-state index contributed by atoms with van der Waals surface area (Å²) in [5.74, 6) is 0. The summed E-state index contributed by atoms with van der Waals surface area (Å²) in [6, 6.07) is 13.1. The van der Waals surface area contributed by atoms with E-state index in [2.05, 4.69) is 62.1 Å². The van der Waals surface area contributed by atoms with Crippen molar-refractivity contribution in [3.63, 3.8) is 0 Å². The van der Waals surface area contributed by atoms with Gasteiger partial charge in [0.05, 0.1) is 6.10 Å². The summed E-state index contributed by atoms with van der Waals surface area (Å²) in [5.41, 5.74) is 2.89. The Balaban J connectivity index is 1.86. The van der Waals surface area contributed by atoms with Crippen LogP contribution in [0.3, 0.4) is 0 Å². The molecule has 3 heteroatoms. The van der Waals surface area contributed by atoms with Crippen LogP contribution in [0.4, 0.5) is 0 Å². The minimum absolute atomic E-state index is 0.133. The van der Waals surface area contributed by atoms with Crippen molar-refractivity contribution in [2.45, 2.75) is 38.8 Å². The van der Waals surface area contributed by atoms with Crippen molar-refractivity contribution in [2.75, 3.05) is 13.1 Å². The van der Waals surface area contributed by atoms with E-state index in [-0.39, 0.29) is 11.5 Å². The predicted octanol–water partition coefficient (Wildman–Crippen LogP) is 3.89. The lowest BCUT2D eigenvalue weighted by molar-refractivity contribution is -0.00277. The summed E-state index contributed by atoms with van der Waals surface area (Å²) >= 11 is 1.89. The van der Waals surface area contributed by atoms with Crippen LogP contribution < -0.4 is 0 Å².